The maximum atomic E-state index is 11.5. The molecule has 2 atom stereocenters. The largest absolute Gasteiger partial charge is 0.434 e. The molecular weight excluding hydrogens is 196 g/mol. The molecule has 1 aliphatic carbocycles. The quantitative estimate of drug-likeness (QED) is 0.573. The molecule has 15 heavy (non-hydrogen) atoms. The van der Waals surface area contributed by atoms with E-state index in [1.807, 2.05) is 0 Å². The van der Waals surface area contributed by atoms with Gasteiger partial charge in [0.25, 0.3) is 0 Å². The Kier molecular flexibility index (Phi) is 1.38. The Labute approximate surface area is 84.9 Å². The molecule has 0 N–H and O–H groups in total. The monoisotopic (exact) mass is 202 g/mol. The van der Waals surface area contributed by atoms with E-state index in [1.54, 1.807) is 24.3 Å². The minimum Gasteiger partial charge on any atom is -0.433 e. The first kappa shape index (κ1) is 8.28. The van der Waals surface area contributed by atoms with Crippen molar-refractivity contribution in [1.29, 1.82) is 0 Å². The average Bonchev–Trinajstić information content (AvgIpc) is 2.54. The van der Waals surface area contributed by atoms with Crippen molar-refractivity contribution in [3.63, 3.8) is 0 Å². The number of aliphatic imine (C=N–C) groups is 2. The summed E-state index contributed by atoms with van der Waals surface area (Å²) in [6.45, 7) is 0. The molecule has 1 amide bonds. The van der Waals surface area contributed by atoms with Gasteiger partial charge in [0, 0.05) is 0 Å². The first-order valence-electron chi connectivity index (χ1n) is 4.47. The van der Waals surface area contributed by atoms with Crippen LogP contribution in [0.3, 0.4) is 0 Å². The zero-order valence-corrected chi connectivity index (χ0v) is 7.58. The van der Waals surface area contributed by atoms with Gasteiger partial charge < -0.3 is 4.74 Å². The molecule has 0 aromatic rings. The normalized spacial score (nSPS) is 36.0. The van der Waals surface area contributed by atoms with Crippen LogP contribution < -0.4 is 0 Å². The summed E-state index contributed by atoms with van der Waals surface area (Å²) in [5.41, 5.74) is -0.437. The van der Waals surface area contributed by atoms with Gasteiger partial charge in [0.1, 0.15) is 0 Å². The Bertz CT molecular complexity index is 483. The predicted octanol–water partition coefficient (Wildman–Crippen LogP) is 0.465. The fraction of sp³-hybridized carbons (Fsp3) is 0.200. The molecule has 0 aromatic carbocycles. The van der Waals surface area contributed by atoms with Gasteiger partial charge in [0.05, 0.1) is 11.9 Å². The molecule has 74 valence electrons. The summed E-state index contributed by atoms with van der Waals surface area (Å²) in [6.07, 6.45) is 6.50. The maximum Gasteiger partial charge on any atom is 0.434 e. The number of hydrogen-bond donors (Lipinski definition) is 0. The molecule has 3 aliphatic rings. The van der Waals surface area contributed by atoms with Crippen LogP contribution in [0.2, 0.25) is 0 Å². The second-order valence-corrected chi connectivity index (χ2v) is 3.46. The highest BCUT2D eigenvalue weighted by Crippen LogP contribution is 2.33. The van der Waals surface area contributed by atoms with E-state index in [4.69, 9.17) is 4.74 Å². The third kappa shape index (κ3) is 0.918. The van der Waals surface area contributed by atoms with E-state index in [9.17, 15) is 9.59 Å². The number of nitrogens with zero attached hydrogens (tertiary/aromatic N) is 2. The van der Waals surface area contributed by atoms with Gasteiger partial charge >= 0.3 is 6.09 Å². The van der Waals surface area contributed by atoms with E-state index in [-0.39, 0.29) is 5.78 Å². The van der Waals surface area contributed by atoms with Crippen molar-refractivity contribution in [3.05, 3.63) is 24.3 Å². The van der Waals surface area contributed by atoms with Gasteiger partial charge in [-0.2, -0.15) is 4.99 Å². The number of carbonyl (C=O) groups is 2. The number of ether oxygens (including phenoxy) is 1. The van der Waals surface area contributed by atoms with Gasteiger partial charge in [-0.15, -0.1) is 0 Å². The molecule has 0 fully saturated rings. The predicted molar refractivity (Wildman–Crippen MR) is 52.2 cm³/mol. The molecule has 2 heterocycles. The van der Waals surface area contributed by atoms with Gasteiger partial charge in [-0.1, -0.05) is 12.2 Å². The Balaban J connectivity index is 2.22. The highest BCUT2D eigenvalue weighted by atomic mass is 16.6. The second-order valence-electron chi connectivity index (χ2n) is 3.46. The summed E-state index contributed by atoms with van der Waals surface area (Å²) in [7, 11) is 0. The van der Waals surface area contributed by atoms with Crippen LogP contribution >= 0.6 is 0 Å². The third-order valence-electron chi connectivity index (χ3n) is 2.62. The van der Waals surface area contributed by atoms with Crippen molar-refractivity contribution in [3.8, 4) is 0 Å². The number of allylic oxidation sites excluding steroid dienone is 2. The molecule has 0 radical (unpaired) electrons. The van der Waals surface area contributed by atoms with Crippen LogP contribution in [0.5, 0.6) is 0 Å². The van der Waals surface area contributed by atoms with Crippen LogP contribution in [0.15, 0.2) is 34.3 Å². The van der Waals surface area contributed by atoms with Crippen molar-refractivity contribution in [1.82, 2.24) is 0 Å². The Morgan fingerprint density at radius 1 is 1.33 bits per heavy atom. The van der Waals surface area contributed by atoms with E-state index in [0.717, 1.165) is 0 Å². The molecule has 3 rings (SSSR count). The Morgan fingerprint density at radius 3 is 3.07 bits per heavy atom. The highest BCUT2D eigenvalue weighted by Gasteiger charge is 2.53. The molecule has 0 aromatic heterocycles. The topological polar surface area (TPSA) is 68.1 Å². The maximum absolute atomic E-state index is 11.5. The number of hydrogen-bond acceptors (Lipinski definition) is 4. The minimum absolute atomic E-state index is 0.296. The van der Waals surface area contributed by atoms with Crippen LogP contribution in [0.25, 0.3) is 0 Å². The molecule has 2 aliphatic heterocycles. The summed E-state index contributed by atoms with van der Waals surface area (Å²) in [4.78, 5) is 30.4. The van der Waals surface area contributed by atoms with E-state index in [0.29, 0.717) is 5.71 Å². The van der Waals surface area contributed by atoms with Crippen molar-refractivity contribution >= 4 is 23.8 Å². The van der Waals surface area contributed by atoms with Crippen molar-refractivity contribution in [2.75, 3.05) is 0 Å². The molecular formula is C10H6N2O3. The number of rotatable bonds is 0. The van der Waals surface area contributed by atoms with Crippen LogP contribution in [0.1, 0.15) is 0 Å². The molecule has 0 saturated heterocycles. The molecule has 1 spiro atoms. The zero-order valence-electron chi connectivity index (χ0n) is 7.58. The lowest BCUT2D eigenvalue weighted by Gasteiger charge is -2.32. The highest BCUT2D eigenvalue weighted by molar-refractivity contribution is 6.36. The van der Waals surface area contributed by atoms with Gasteiger partial charge in [0.15, 0.2) is 5.54 Å². The summed E-state index contributed by atoms with van der Waals surface area (Å²) < 4.78 is 4.90. The van der Waals surface area contributed by atoms with E-state index >= 15 is 0 Å². The molecule has 0 bridgehead atoms. The summed E-state index contributed by atoms with van der Waals surface area (Å²) in [6, 6.07) is 0. The van der Waals surface area contributed by atoms with Gasteiger partial charge in [0.2, 0.25) is 11.9 Å². The summed E-state index contributed by atoms with van der Waals surface area (Å²) in [5.74, 6) is -0.296. The van der Waals surface area contributed by atoms with Crippen LogP contribution in [-0.4, -0.2) is 35.4 Å². The number of Topliss-reactive ketones (excluding diaryl/α,β-unsaturated/α-hetero) is 1. The lowest BCUT2D eigenvalue weighted by Crippen LogP contribution is -2.51. The standard InChI is InChI=1S/C10H6N2O3/c13-6-5-11-10-4-2-1-3-7(10)12-9(14)15-8(6)10/h1-5,8H. The number of ketones is 1. The lowest BCUT2D eigenvalue weighted by atomic mass is 9.84. The van der Waals surface area contributed by atoms with E-state index < -0.39 is 17.7 Å². The summed E-state index contributed by atoms with van der Waals surface area (Å²) in [5, 5.41) is 0. The van der Waals surface area contributed by atoms with E-state index in [1.165, 1.54) is 6.21 Å². The van der Waals surface area contributed by atoms with Gasteiger partial charge in [-0.25, -0.2) is 4.79 Å². The SMILES string of the molecule is O=C1N=C2C=CC=CC23N=CC(=O)C3O1. The number of amides is 1. The molecule has 0 saturated carbocycles. The van der Waals surface area contributed by atoms with Gasteiger partial charge in [-0.3, -0.25) is 9.79 Å². The smallest absolute Gasteiger partial charge is 0.433 e. The first-order valence-corrected chi connectivity index (χ1v) is 4.47. The first-order chi connectivity index (χ1) is 7.22. The van der Waals surface area contributed by atoms with Crippen molar-refractivity contribution < 1.29 is 14.3 Å². The summed E-state index contributed by atoms with van der Waals surface area (Å²) >= 11 is 0. The van der Waals surface area contributed by atoms with Crippen LogP contribution in [0, 0.1) is 0 Å². The Hall–Kier alpha value is -2.04. The van der Waals surface area contributed by atoms with E-state index in [2.05, 4.69) is 9.98 Å². The van der Waals surface area contributed by atoms with Crippen LogP contribution in [-0.2, 0) is 9.53 Å². The average molecular weight is 202 g/mol. The lowest BCUT2D eigenvalue weighted by molar-refractivity contribution is -0.120. The Morgan fingerprint density at radius 2 is 2.20 bits per heavy atom. The fourth-order valence-corrected chi connectivity index (χ4v) is 1.92. The zero-order chi connectivity index (χ0) is 10.5. The fourth-order valence-electron chi connectivity index (χ4n) is 1.92. The van der Waals surface area contributed by atoms with Crippen molar-refractivity contribution in [2.45, 2.75) is 11.6 Å². The minimum atomic E-state index is -0.903. The molecule has 5 nitrogen and oxygen atoms in total. The third-order valence-corrected chi connectivity index (χ3v) is 2.62. The van der Waals surface area contributed by atoms with Crippen molar-refractivity contribution in [2.24, 2.45) is 9.98 Å². The van der Waals surface area contributed by atoms with Crippen LogP contribution in [0.4, 0.5) is 4.79 Å². The number of carbonyl (C=O) groups excluding carboxylic acids is 2. The second kappa shape index (κ2) is 2.50. The molecule has 2 unspecified atom stereocenters. The van der Waals surface area contributed by atoms with Gasteiger partial charge in [-0.05, 0) is 12.2 Å². The molecule has 5 heteroatoms.